The van der Waals surface area contributed by atoms with E-state index in [0.717, 1.165) is 0 Å². The molecule has 0 spiro atoms. The van der Waals surface area contributed by atoms with E-state index >= 15 is 0 Å². The average Bonchev–Trinajstić information content (AvgIpc) is 2.33. The predicted molar refractivity (Wildman–Crippen MR) is 72.7 cm³/mol. The van der Waals surface area contributed by atoms with Crippen molar-refractivity contribution in [3.63, 3.8) is 0 Å². The van der Waals surface area contributed by atoms with Gasteiger partial charge < -0.3 is 4.74 Å². The molecule has 1 rings (SSSR count). The van der Waals surface area contributed by atoms with Gasteiger partial charge in [-0.05, 0) is 32.9 Å². The zero-order chi connectivity index (χ0) is 14.6. The van der Waals surface area contributed by atoms with Gasteiger partial charge in [0.25, 0.3) is 5.91 Å². The van der Waals surface area contributed by atoms with Crippen LogP contribution in [0.2, 0.25) is 0 Å². The number of benzene rings is 1. The minimum Gasteiger partial charge on any atom is -0.496 e. The van der Waals surface area contributed by atoms with Gasteiger partial charge in [-0.15, -0.1) is 0 Å². The summed E-state index contributed by atoms with van der Waals surface area (Å²) < 4.78 is 5.13. The maximum absolute atomic E-state index is 12.2. The topological polar surface area (TPSA) is 58.6 Å². The van der Waals surface area contributed by atoms with Gasteiger partial charge in [-0.2, -0.15) is 0 Å². The first-order chi connectivity index (χ1) is 8.77. The Morgan fingerprint density at radius 1 is 1.21 bits per heavy atom. The highest BCUT2D eigenvalue weighted by Gasteiger charge is 2.26. The third-order valence-corrected chi connectivity index (χ3v) is 2.55. The van der Waals surface area contributed by atoms with E-state index < -0.39 is 5.54 Å². The van der Waals surface area contributed by atoms with E-state index in [4.69, 9.17) is 4.74 Å². The fraction of sp³-hybridized carbons (Fsp3) is 0.429. The first kappa shape index (κ1) is 15.0. The fourth-order valence-electron chi connectivity index (χ4n) is 1.71. The molecular weight excluding hydrogens is 244 g/mol. The van der Waals surface area contributed by atoms with Crippen molar-refractivity contribution in [2.45, 2.75) is 33.2 Å². The van der Waals surface area contributed by atoms with E-state index in [2.05, 4.69) is 5.43 Å². The highest BCUT2D eigenvalue weighted by atomic mass is 16.5. The fourth-order valence-corrected chi connectivity index (χ4v) is 1.71. The summed E-state index contributed by atoms with van der Waals surface area (Å²) in [6.45, 7) is 6.94. The lowest BCUT2D eigenvalue weighted by atomic mass is 10.1. The predicted octanol–water partition coefficient (Wildman–Crippen LogP) is 1.99. The third-order valence-electron chi connectivity index (χ3n) is 2.55. The minimum atomic E-state index is -0.497. The highest BCUT2D eigenvalue weighted by molar-refractivity contribution is 5.97. The molecule has 0 saturated carbocycles. The van der Waals surface area contributed by atoms with Crippen molar-refractivity contribution in [1.29, 1.82) is 0 Å². The molecule has 0 heterocycles. The van der Waals surface area contributed by atoms with Crippen molar-refractivity contribution < 1.29 is 14.3 Å². The Kier molecular flexibility index (Phi) is 4.53. The molecule has 5 nitrogen and oxygen atoms in total. The van der Waals surface area contributed by atoms with Gasteiger partial charge in [0, 0.05) is 6.92 Å². The standard InChI is InChI=1S/C14H20N2O3/c1-10(17)16(14(2,3)4)15-13(18)11-8-6-7-9-12(11)19-5/h6-9H,1-5H3,(H,15,18). The van der Waals surface area contributed by atoms with Gasteiger partial charge in [0.1, 0.15) is 5.75 Å². The van der Waals surface area contributed by atoms with Gasteiger partial charge in [0.2, 0.25) is 5.91 Å². The van der Waals surface area contributed by atoms with Crippen LogP contribution in [0.1, 0.15) is 38.1 Å². The van der Waals surface area contributed by atoms with Gasteiger partial charge in [0.05, 0.1) is 18.2 Å². The summed E-state index contributed by atoms with van der Waals surface area (Å²) in [6, 6.07) is 6.87. The van der Waals surface area contributed by atoms with E-state index in [1.807, 2.05) is 20.8 Å². The van der Waals surface area contributed by atoms with Crippen molar-refractivity contribution in [3.05, 3.63) is 29.8 Å². The summed E-state index contributed by atoms with van der Waals surface area (Å²) in [4.78, 5) is 23.8. The van der Waals surface area contributed by atoms with Crippen LogP contribution in [0, 0.1) is 0 Å². The number of hydrogen-bond donors (Lipinski definition) is 1. The SMILES string of the molecule is COc1ccccc1C(=O)NN(C(C)=O)C(C)(C)C. The normalized spacial score (nSPS) is 10.8. The van der Waals surface area contributed by atoms with Crippen LogP contribution in [0.15, 0.2) is 24.3 Å². The Morgan fingerprint density at radius 2 is 1.79 bits per heavy atom. The van der Waals surface area contributed by atoms with E-state index in [0.29, 0.717) is 11.3 Å². The van der Waals surface area contributed by atoms with Crippen LogP contribution in [0.3, 0.4) is 0 Å². The molecule has 0 aliphatic heterocycles. The largest absolute Gasteiger partial charge is 0.496 e. The van der Waals surface area contributed by atoms with Crippen LogP contribution < -0.4 is 10.2 Å². The molecule has 0 radical (unpaired) electrons. The maximum atomic E-state index is 12.2. The molecule has 0 saturated heterocycles. The number of ether oxygens (including phenoxy) is 1. The van der Waals surface area contributed by atoms with Crippen molar-refractivity contribution in [2.75, 3.05) is 7.11 Å². The van der Waals surface area contributed by atoms with Crippen LogP contribution in [0.25, 0.3) is 0 Å². The minimum absolute atomic E-state index is 0.226. The summed E-state index contributed by atoms with van der Waals surface area (Å²) in [5.74, 6) is -0.129. The number of methoxy groups -OCH3 is 1. The Bertz CT molecular complexity index is 478. The molecule has 0 fully saturated rings. The second-order valence-electron chi connectivity index (χ2n) is 5.17. The molecule has 0 aliphatic rings. The molecule has 1 aromatic rings. The summed E-state index contributed by atoms with van der Waals surface area (Å²) >= 11 is 0. The first-order valence-electron chi connectivity index (χ1n) is 6.02. The summed E-state index contributed by atoms with van der Waals surface area (Å²) in [7, 11) is 1.50. The van der Waals surface area contributed by atoms with Crippen molar-refractivity contribution in [1.82, 2.24) is 10.4 Å². The molecule has 0 atom stereocenters. The molecule has 0 unspecified atom stereocenters. The quantitative estimate of drug-likeness (QED) is 0.831. The second-order valence-corrected chi connectivity index (χ2v) is 5.17. The van der Waals surface area contributed by atoms with E-state index in [1.165, 1.54) is 19.0 Å². The Labute approximate surface area is 113 Å². The molecule has 0 aliphatic carbocycles. The number of carbonyl (C=O) groups excluding carboxylic acids is 2. The monoisotopic (exact) mass is 264 g/mol. The van der Waals surface area contributed by atoms with Crippen LogP contribution in [-0.4, -0.2) is 29.5 Å². The number of hydrogen-bond acceptors (Lipinski definition) is 3. The van der Waals surface area contributed by atoms with E-state index in [1.54, 1.807) is 24.3 Å². The zero-order valence-corrected chi connectivity index (χ0v) is 12.0. The van der Waals surface area contributed by atoms with Gasteiger partial charge >= 0.3 is 0 Å². The Balaban J connectivity index is 2.98. The van der Waals surface area contributed by atoms with Crippen LogP contribution >= 0.6 is 0 Å². The van der Waals surface area contributed by atoms with Gasteiger partial charge in [-0.1, -0.05) is 12.1 Å². The zero-order valence-electron chi connectivity index (χ0n) is 12.0. The first-order valence-corrected chi connectivity index (χ1v) is 6.02. The number of para-hydroxylation sites is 1. The number of nitrogens with zero attached hydrogens (tertiary/aromatic N) is 1. The Hall–Kier alpha value is -2.04. The van der Waals surface area contributed by atoms with Gasteiger partial charge in [-0.25, -0.2) is 5.01 Å². The average molecular weight is 264 g/mol. The third kappa shape index (κ3) is 3.71. The van der Waals surface area contributed by atoms with Crippen LogP contribution in [0.4, 0.5) is 0 Å². The van der Waals surface area contributed by atoms with Crippen molar-refractivity contribution >= 4 is 11.8 Å². The summed E-state index contributed by atoms with van der Waals surface area (Å²) in [5.41, 5.74) is 2.51. The van der Waals surface area contributed by atoms with E-state index in [9.17, 15) is 9.59 Å². The lowest BCUT2D eigenvalue weighted by Gasteiger charge is -2.34. The number of amides is 2. The van der Waals surface area contributed by atoms with Gasteiger partial charge in [-0.3, -0.25) is 15.0 Å². The number of nitrogens with one attached hydrogen (secondary N) is 1. The molecule has 1 aromatic carbocycles. The smallest absolute Gasteiger partial charge is 0.273 e. The Morgan fingerprint density at radius 3 is 2.26 bits per heavy atom. The lowest BCUT2D eigenvalue weighted by molar-refractivity contribution is -0.136. The lowest BCUT2D eigenvalue weighted by Crippen LogP contribution is -2.55. The summed E-state index contributed by atoms with van der Waals surface area (Å²) in [5, 5.41) is 1.31. The number of hydrazine groups is 1. The maximum Gasteiger partial charge on any atom is 0.273 e. The van der Waals surface area contributed by atoms with Crippen LogP contribution in [-0.2, 0) is 4.79 Å². The summed E-state index contributed by atoms with van der Waals surface area (Å²) in [6.07, 6.45) is 0. The molecule has 5 heteroatoms. The number of carbonyl (C=O) groups is 2. The molecule has 104 valence electrons. The van der Waals surface area contributed by atoms with Gasteiger partial charge in [0.15, 0.2) is 0 Å². The molecule has 1 N–H and O–H groups in total. The van der Waals surface area contributed by atoms with Crippen molar-refractivity contribution in [2.24, 2.45) is 0 Å². The van der Waals surface area contributed by atoms with E-state index in [-0.39, 0.29) is 11.8 Å². The molecule has 0 aromatic heterocycles. The highest BCUT2D eigenvalue weighted by Crippen LogP contribution is 2.18. The molecule has 0 bridgehead atoms. The van der Waals surface area contributed by atoms with Crippen molar-refractivity contribution in [3.8, 4) is 5.75 Å². The van der Waals surface area contributed by atoms with Crippen LogP contribution in [0.5, 0.6) is 5.75 Å². The number of rotatable bonds is 2. The molecular formula is C14H20N2O3. The molecule has 2 amide bonds. The molecule has 19 heavy (non-hydrogen) atoms. The second kappa shape index (κ2) is 5.73.